The largest absolute Gasteiger partial charge is 0.419 e. The van der Waals surface area contributed by atoms with Gasteiger partial charge in [0.15, 0.2) is 11.5 Å². The van der Waals surface area contributed by atoms with Gasteiger partial charge in [0, 0.05) is 5.56 Å². The topological polar surface area (TPSA) is 52.6 Å². The van der Waals surface area contributed by atoms with Gasteiger partial charge in [-0.3, -0.25) is 0 Å². The van der Waals surface area contributed by atoms with Gasteiger partial charge in [-0.25, -0.2) is 9.59 Å². The molecule has 0 aliphatic carbocycles. The molecule has 3 aromatic rings. The van der Waals surface area contributed by atoms with Crippen LogP contribution in [0.3, 0.4) is 0 Å². The van der Waals surface area contributed by atoms with Crippen molar-refractivity contribution in [3.05, 3.63) is 94.5 Å². The van der Waals surface area contributed by atoms with Gasteiger partial charge in [-0.2, -0.15) is 0 Å². The third-order valence-electron chi connectivity index (χ3n) is 5.51. The summed E-state index contributed by atoms with van der Waals surface area (Å²) in [5.74, 6) is -0.280. The Labute approximate surface area is 196 Å². The standard InChI is InChI=1S/C29H32O4/c1-6-14-23-24(29(3,4)5)19-20(7-2)25(32-27(30)21-15-10-8-11-16-21)26(23)33-28(31)22-17-12-9-13-18-22/h8-13,15-19H,6-7,14H2,1-5H3. The van der Waals surface area contributed by atoms with E-state index in [1.165, 1.54) is 0 Å². The Kier molecular flexibility index (Phi) is 7.70. The van der Waals surface area contributed by atoms with E-state index >= 15 is 0 Å². The molecule has 3 rings (SSSR count). The molecule has 4 nitrogen and oxygen atoms in total. The molecule has 0 aromatic heterocycles. The number of carbonyl (C=O) groups is 2. The van der Waals surface area contributed by atoms with Crippen molar-refractivity contribution in [3.63, 3.8) is 0 Å². The predicted molar refractivity (Wildman–Crippen MR) is 131 cm³/mol. The van der Waals surface area contributed by atoms with Gasteiger partial charge >= 0.3 is 11.9 Å². The summed E-state index contributed by atoms with van der Waals surface area (Å²) in [5, 5.41) is 0. The molecule has 0 fully saturated rings. The normalized spacial score (nSPS) is 11.2. The van der Waals surface area contributed by atoms with Crippen molar-refractivity contribution >= 4 is 11.9 Å². The number of hydrogen-bond acceptors (Lipinski definition) is 4. The fourth-order valence-corrected chi connectivity index (χ4v) is 3.83. The molecule has 0 amide bonds. The van der Waals surface area contributed by atoms with E-state index in [0.717, 1.165) is 23.1 Å². The van der Waals surface area contributed by atoms with Crippen molar-refractivity contribution in [2.24, 2.45) is 0 Å². The molecule has 0 spiro atoms. The van der Waals surface area contributed by atoms with Crippen LogP contribution in [-0.2, 0) is 18.3 Å². The van der Waals surface area contributed by atoms with Gasteiger partial charge in [0.2, 0.25) is 0 Å². The highest BCUT2D eigenvalue weighted by Gasteiger charge is 2.29. The van der Waals surface area contributed by atoms with Crippen molar-refractivity contribution in [2.75, 3.05) is 0 Å². The van der Waals surface area contributed by atoms with Gasteiger partial charge in [0.05, 0.1) is 11.1 Å². The van der Waals surface area contributed by atoms with Gasteiger partial charge < -0.3 is 9.47 Å². The Morgan fingerprint density at radius 1 is 0.758 bits per heavy atom. The van der Waals surface area contributed by atoms with Crippen molar-refractivity contribution in [1.82, 2.24) is 0 Å². The quantitative estimate of drug-likeness (QED) is 0.293. The van der Waals surface area contributed by atoms with E-state index < -0.39 is 11.9 Å². The lowest BCUT2D eigenvalue weighted by atomic mass is 9.80. The summed E-state index contributed by atoms with van der Waals surface area (Å²) in [5.41, 5.74) is 3.54. The molecule has 0 saturated heterocycles. The highest BCUT2D eigenvalue weighted by atomic mass is 16.6. The Morgan fingerprint density at radius 3 is 1.67 bits per heavy atom. The number of rotatable bonds is 7. The van der Waals surface area contributed by atoms with E-state index in [1.807, 2.05) is 19.1 Å². The second-order valence-electron chi connectivity index (χ2n) is 9.08. The van der Waals surface area contributed by atoms with E-state index in [4.69, 9.17) is 9.47 Å². The Bertz CT molecular complexity index is 1110. The molecular weight excluding hydrogens is 412 g/mol. The van der Waals surface area contributed by atoms with Crippen LogP contribution in [0.15, 0.2) is 66.7 Å². The second kappa shape index (κ2) is 10.5. The third-order valence-corrected chi connectivity index (χ3v) is 5.51. The molecule has 0 saturated carbocycles. The van der Waals surface area contributed by atoms with E-state index in [2.05, 4.69) is 33.8 Å². The van der Waals surface area contributed by atoms with Crippen LogP contribution in [0.5, 0.6) is 11.5 Å². The average molecular weight is 445 g/mol. The molecule has 0 unspecified atom stereocenters. The van der Waals surface area contributed by atoms with Gasteiger partial charge in [-0.15, -0.1) is 0 Å². The SMILES string of the molecule is CCCc1c(C(C)(C)C)cc(CC)c(OC(=O)c2ccccc2)c1OC(=O)c1ccccc1. The van der Waals surface area contributed by atoms with E-state index in [0.29, 0.717) is 35.5 Å². The Hall–Kier alpha value is -3.40. The van der Waals surface area contributed by atoms with Crippen LogP contribution in [0, 0.1) is 0 Å². The zero-order valence-electron chi connectivity index (χ0n) is 20.1. The van der Waals surface area contributed by atoms with Gasteiger partial charge in [0.25, 0.3) is 0 Å². The molecule has 172 valence electrons. The molecule has 0 atom stereocenters. The maximum Gasteiger partial charge on any atom is 0.343 e. The first-order valence-electron chi connectivity index (χ1n) is 11.5. The van der Waals surface area contributed by atoms with E-state index in [1.54, 1.807) is 48.5 Å². The molecular formula is C29H32O4. The molecule has 3 aromatic carbocycles. The van der Waals surface area contributed by atoms with Crippen molar-refractivity contribution in [2.45, 2.75) is 59.3 Å². The van der Waals surface area contributed by atoms with Crippen LogP contribution in [0.25, 0.3) is 0 Å². The lowest BCUT2D eigenvalue weighted by Crippen LogP contribution is -2.20. The van der Waals surface area contributed by atoms with Crippen molar-refractivity contribution in [1.29, 1.82) is 0 Å². The monoisotopic (exact) mass is 444 g/mol. The van der Waals surface area contributed by atoms with Gasteiger partial charge in [-0.1, -0.05) is 83.5 Å². The fraction of sp³-hybridized carbons (Fsp3) is 0.310. The number of benzene rings is 3. The summed E-state index contributed by atoms with van der Waals surface area (Å²) in [4.78, 5) is 26.1. The van der Waals surface area contributed by atoms with Crippen LogP contribution in [0.1, 0.15) is 78.4 Å². The third kappa shape index (κ3) is 5.70. The number of hydrogen-bond donors (Lipinski definition) is 0. The minimum absolute atomic E-state index is 0.176. The number of aryl methyl sites for hydroxylation is 1. The maximum atomic E-state index is 13.1. The van der Waals surface area contributed by atoms with Crippen LogP contribution in [-0.4, -0.2) is 11.9 Å². The number of ether oxygens (including phenoxy) is 2. The smallest absolute Gasteiger partial charge is 0.343 e. The van der Waals surface area contributed by atoms with E-state index in [-0.39, 0.29) is 5.41 Å². The van der Waals surface area contributed by atoms with E-state index in [9.17, 15) is 9.59 Å². The lowest BCUT2D eigenvalue weighted by molar-refractivity contribution is 0.0679. The zero-order valence-corrected chi connectivity index (χ0v) is 20.1. The Morgan fingerprint density at radius 2 is 1.24 bits per heavy atom. The fourth-order valence-electron chi connectivity index (χ4n) is 3.83. The van der Waals surface area contributed by atoms with Crippen LogP contribution >= 0.6 is 0 Å². The first kappa shape index (κ1) is 24.2. The maximum absolute atomic E-state index is 13.1. The second-order valence-corrected chi connectivity index (χ2v) is 9.08. The molecule has 33 heavy (non-hydrogen) atoms. The first-order valence-corrected chi connectivity index (χ1v) is 11.5. The first-order chi connectivity index (χ1) is 15.8. The van der Waals surface area contributed by atoms with Crippen molar-refractivity contribution < 1.29 is 19.1 Å². The minimum atomic E-state index is -0.478. The molecule has 0 radical (unpaired) electrons. The highest BCUT2D eigenvalue weighted by Crippen LogP contribution is 2.43. The summed E-state index contributed by atoms with van der Waals surface area (Å²) in [6.07, 6.45) is 2.18. The Balaban J connectivity index is 2.19. The lowest BCUT2D eigenvalue weighted by Gasteiger charge is -2.27. The van der Waals surface area contributed by atoms with Crippen LogP contribution in [0.4, 0.5) is 0 Å². The summed E-state index contributed by atoms with van der Waals surface area (Å²) >= 11 is 0. The average Bonchev–Trinajstić information content (AvgIpc) is 2.81. The summed E-state index contributed by atoms with van der Waals surface area (Å²) < 4.78 is 11.9. The van der Waals surface area contributed by atoms with Gasteiger partial charge in [-0.05, 0) is 53.6 Å². The summed E-state index contributed by atoms with van der Waals surface area (Å²) in [7, 11) is 0. The van der Waals surface area contributed by atoms with Crippen molar-refractivity contribution in [3.8, 4) is 11.5 Å². The highest BCUT2D eigenvalue weighted by molar-refractivity contribution is 5.93. The minimum Gasteiger partial charge on any atom is -0.419 e. The molecule has 0 N–H and O–H groups in total. The predicted octanol–water partition coefficient (Wildman–Crippen LogP) is 6.94. The molecule has 4 heteroatoms. The summed E-state index contributed by atoms with van der Waals surface area (Å²) in [6.45, 7) is 10.5. The summed E-state index contributed by atoms with van der Waals surface area (Å²) in [6, 6.07) is 19.8. The van der Waals surface area contributed by atoms with Gasteiger partial charge in [0.1, 0.15) is 0 Å². The zero-order chi connectivity index (χ0) is 24.0. The molecule has 0 aliphatic heterocycles. The molecule has 0 bridgehead atoms. The molecule has 0 heterocycles. The number of esters is 2. The van der Waals surface area contributed by atoms with Crippen LogP contribution < -0.4 is 9.47 Å². The molecule has 0 aliphatic rings. The van der Waals surface area contributed by atoms with Crippen LogP contribution in [0.2, 0.25) is 0 Å². The number of carbonyl (C=O) groups excluding carboxylic acids is 2.